The molecule has 0 saturated carbocycles. The van der Waals surface area contributed by atoms with Gasteiger partial charge < -0.3 is 10.2 Å². The Hall–Kier alpha value is -1.88. The van der Waals surface area contributed by atoms with Gasteiger partial charge in [0.2, 0.25) is 0 Å². The predicted octanol–water partition coefficient (Wildman–Crippen LogP) is 3.27. The number of nitrogens with one attached hydrogen (secondary N) is 1. The molecule has 122 valence electrons. The first-order valence-corrected chi connectivity index (χ1v) is 9.12. The monoisotopic (exact) mass is 328 g/mol. The van der Waals surface area contributed by atoms with Gasteiger partial charge in [-0.1, -0.05) is 37.3 Å². The van der Waals surface area contributed by atoms with Gasteiger partial charge in [-0.2, -0.15) is 0 Å². The third-order valence-corrected chi connectivity index (χ3v) is 5.34. The molecule has 0 radical (unpaired) electrons. The first-order valence-electron chi connectivity index (χ1n) is 8.24. The molecule has 2 heterocycles. The molecule has 0 spiro atoms. The largest absolute Gasteiger partial charge is 0.351 e. The molecule has 0 bridgehead atoms. The van der Waals surface area contributed by atoms with Crippen LogP contribution in [-0.4, -0.2) is 36.0 Å². The number of thiazole rings is 1. The van der Waals surface area contributed by atoms with E-state index in [-0.39, 0.29) is 0 Å². The molecule has 4 nitrogen and oxygen atoms in total. The summed E-state index contributed by atoms with van der Waals surface area (Å²) in [7, 11) is 1.86. The van der Waals surface area contributed by atoms with Gasteiger partial charge in [-0.25, -0.2) is 4.98 Å². The summed E-state index contributed by atoms with van der Waals surface area (Å²) in [5.74, 6) is 1.58. The number of aromatic nitrogens is 1. The van der Waals surface area contributed by atoms with Crippen molar-refractivity contribution < 1.29 is 0 Å². The van der Waals surface area contributed by atoms with Crippen molar-refractivity contribution in [2.75, 3.05) is 20.1 Å². The van der Waals surface area contributed by atoms with Crippen molar-refractivity contribution in [3.05, 3.63) is 52.0 Å². The van der Waals surface area contributed by atoms with Crippen LogP contribution in [0.1, 0.15) is 35.5 Å². The summed E-state index contributed by atoms with van der Waals surface area (Å²) in [5, 5.41) is 6.79. The highest BCUT2D eigenvalue weighted by molar-refractivity contribution is 7.09. The van der Waals surface area contributed by atoms with Crippen LogP contribution in [0.5, 0.6) is 0 Å². The van der Waals surface area contributed by atoms with Gasteiger partial charge >= 0.3 is 0 Å². The second kappa shape index (κ2) is 7.59. The summed E-state index contributed by atoms with van der Waals surface area (Å²) >= 11 is 1.73. The molecule has 1 N–H and O–H groups in total. The predicted molar refractivity (Wildman–Crippen MR) is 97.1 cm³/mol. The van der Waals surface area contributed by atoms with E-state index in [0.717, 1.165) is 37.7 Å². The number of aliphatic imine (C=N–C) groups is 1. The van der Waals surface area contributed by atoms with Crippen LogP contribution in [0.3, 0.4) is 0 Å². The van der Waals surface area contributed by atoms with Gasteiger partial charge in [-0.3, -0.25) is 4.99 Å². The fourth-order valence-corrected chi connectivity index (χ4v) is 3.79. The fraction of sp³-hybridized carbons (Fsp3) is 0.444. The average Bonchev–Trinajstić information content (AvgIpc) is 3.26. The van der Waals surface area contributed by atoms with Crippen LogP contribution in [0.4, 0.5) is 0 Å². The van der Waals surface area contributed by atoms with E-state index in [4.69, 9.17) is 0 Å². The van der Waals surface area contributed by atoms with E-state index in [2.05, 4.69) is 62.8 Å². The minimum Gasteiger partial charge on any atom is -0.351 e. The van der Waals surface area contributed by atoms with Gasteiger partial charge in [0.05, 0.1) is 17.2 Å². The minimum atomic E-state index is 0.598. The van der Waals surface area contributed by atoms with Gasteiger partial charge in [0.15, 0.2) is 5.96 Å². The lowest BCUT2D eigenvalue weighted by atomic mass is 9.99. The molecule has 3 rings (SSSR count). The molecule has 1 aromatic carbocycles. The van der Waals surface area contributed by atoms with Crippen molar-refractivity contribution in [2.24, 2.45) is 4.99 Å². The number of guanidine groups is 1. The third-order valence-electron chi connectivity index (χ3n) is 4.30. The molecule has 1 atom stereocenters. The number of nitrogens with zero attached hydrogens (tertiary/aromatic N) is 3. The zero-order valence-electron chi connectivity index (χ0n) is 13.8. The molecule has 0 amide bonds. The Kier molecular flexibility index (Phi) is 5.28. The van der Waals surface area contributed by atoms with Crippen LogP contribution in [0.2, 0.25) is 0 Å². The van der Waals surface area contributed by atoms with E-state index >= 15 is 0 Å². The molecule has 1 saturated heterocycles. The molecule has 1 aromatic heterocycles. The molecule has 0 aliphatic carbocycles. The highest BCUT2D eigenvalue weighted by Gasteiger charge is 2.25. The first-order chi connectivity index (χ1) is 11.3. The van der Waals surface area contributed by atoms with E-state index in [1.807, 2.05) is 7.05 Å². The highest BCUT2D eigenvalue weighted by atomic mass is 32.1. The summed E-state index contributed by atoms with van der Waals surface area (Å²) in [6.07, 6.45) is 2.19. The van der Waals surface area contributed by atoms with Crippen molar-refractivity contribution in [1.82, 2.24) is 15.2 Å². The van der Waals surface area contributed by atoms with Crippen LogP contribution < -0.4 is 5.32 Å². The molecular weight excluding hydrogens is 304 g/mol. The molecule has 1 aliphatic heterocycles. The first kappa shape index (κ1) is 16.0. The molecule has 2 aromatic rings. The standard InChI is InChI=1S/C18H24N4S/c1-3-17-21-16(13-23-17)11-20-18(19-2)22-10-9-15(12-22)14-7-5-4-6-8-14/h4-8,13,15H,3,9-12H2,1-2H3,(H,19,20). The van der Waals surface area contributed by atoms with E-state index in [9.17, 15) is 0 Å². The lowest BCUT2D eigenvalue weighted by Gasteiger charge is -2.21. The van der Waals surface area contributed by atoms with Crippen molar-refractivity contribution in [2.45, 2.75) is 32.2 Å². The Balaban J connectivity index is 1.57. The van der Waals surface area contributed by atoms with Gasteiger partial charge in [-0.15, -0.1) is 11.3 Å². The smallest absolute Gasteiger partial charge is 0.193 e. The van der Waals surface area contributed by atoms with Gasteiger partial charge in [0.25, 0.3) is 0 Å². The lowest BCUT2D eigenvalue weighted by molar-refractivity contribution is 0.485. The minimum absolute atomic E-state index is 0.598. The summed E-state index contributed by atoms with van der Waals surface area (Å²) in [6.45, 7) is 4.97. The third kappa shape index (κ3) is 3.91. The zero-order valence-corrected chi connectivity index (χ0v) is 14.6. The van der Waals surface area contributed by atoms with Crippen molar-refractivity contribution >= 4 is 17.3 Å². The number of aryl methyl sites for hydroxylation is 1. The van der Waals surface area contributed by atoms with E-state index < -0.39 is 0 Å². The quantitative estimate of drug-likeness (QED) is 0.692. The number of benzene rings is 1. The molecule has 1 fully saturated rings. The SMILES string of the molecule is CCc1nc(CNC(=NC)N2CCC(c3ccccc3)C2)cs1. The van der Waals surface area contributed by atoms with Crippen molar-refractivity contribution in [1.29, 1.82) is 0 Å². The number of hydrogen-bond acceptors (Lipinski definition) is 3. The Morgan fingerprint density at radius 1 is 1.39 bits per heavy atom. The van der Waals surface area contributed by atoms with Crippen molar-refractivity contribution in [3.8, 4) is 0 Å². The highest BCUT2D eigenvalue weighted by Crippen LogP contribution is 2.26. The van der Waals surface area contributed by atoms with Gasteiger partial charge in [0, 0.05) is 31.4 Å². The molecule has 1 unspecified atom stereocenters. The normalized spacial score (nSPS) is 18.4. The zero-order chi connectivity index (χ0) is 16.1. The maximum Gasteiger partial charge on any atom is 0.193 e. The van der Waals surface area contributed by atoms with E-state index in [1.165, 1.54) is 17.0 Å². The summed E-state index contributed by atoms with van der Waals surface area (Å²) in [5.41, 5.74) is 2.53. The van der Waals surface area contributed by atoms with Crippen LogP contribution in [0, 0.1) is 0 Å². The molecule has 5 heteroatoms. The van der Waals surface area contributed by atoms with E-state index in [0.29, 0.717) is 5.92 Å². The van der Waals surface area contributed by atoms with Gasteiger partial charge in [-0.05, 0) is 18.4 Å². The number of rotatable bonds is 4. The Morgan fingerprint density at radius 2 is 2.22 bits per heavy atom. The molecular formula is C18H24N4S. The average molecular weight is 328 g/mol. The Morgan fingerprint density at radius 3 is 2.91 bits per heavy atom. The van der Waals surface area contributed by atoms with Crippen LogP contribution in [0.25, 0.3) is 0 Å². The molecule has 23 heavy (non-hydrogen) atoms. The Bertz CT molecular complexity index is 650. The summed E-state index contributed by atoms with van der Waals surface area (Å²) < 4.78 is 0. The summed E-state index contributed by atoms with van der Waals surface area (Å²) in [6, 6.07) is 10.8. The van der Waals surface area contributed by atoms with Gasteiger partial charge in [0.1, 0.15) is 0 Å². The summed E-state index contributed by atoms with van der Waals surface area (Å²) in [4.78, 5) is 11.4. The fourth-order valence-electron chi connectivity index (χ4n) is 3.04. The second-order valence-corrected chi connectivity index (χ2v) is 6.77. The second-order valence-electron chi connectivity index (χ2n) is 5.83. The van der Waals surface area contributed by atoms with Crippen molar-refractivity contribution in [3.63, 3.8) is 0 Å². The maximum atomic E-state index is 4.61. The van der Waals surface area contributed by atoms with Crippen LogP contribution >= 0.6 is 11.3 Å². The topological polar surface area (TPSA) is 40.5 Å². The number of likely N-dealkylation sites (tertiary alicyclic amines) is 1. The van der Waals surface area contributed by atoms with Crippen LogP contribution in [-0.2, 0) is 13.0 Å². The van der Waals surface area contributed by atoms with Crippen LogP contribution in [0.15, 0.2) is 40.7 Å². The van der Waals surface area contributed by atoms with E-state index in [1.54, 1.807) is 11.3 Å². The maximum absolute atomic E-state index is 4.61. The molecule has 1 aliphatic rings. The lowest BCUT2D eigenvalue weighted by Crippen LogP contribution is -2.39. The number of hydrogen-bond donors (Lipinski definition) is 1. The Labute approximate surface area is 142 Å².